The Bertz CT molecular complexity index is 578. The van der Waals surface area contributed by atoms with E-state index >= 15 is 0 Å². The molecule has 2 heterocycles. The van der Waals surface area contributed by atoms with Gasteiger partial charge >= 0.3 is 0 Å². The zero-order valence-electron chi connectivity index (χ0n) is 11.1. The van der Waals surface area contributed by atoms with Crippen LogP contribution >= 0.6 is 11.6 Å². The largest absolute Gasteiger partial charge is 0.338 e. The SMILES string of the molecule is NC1CCN(Cc2nc(-c3ccccc3Cl)no2)CC1. The molecule has 0 spiro atoms. The zero-order valence-corrected chi connectivity index (χ0v) is 11.9. The first-order valence-electron chi connectivity index (χ1n) is 6.78. The maximum absolute atomic E-state index is 6.13. The number of piperidine rings is 1. The fourth-order valence-corrected chi connectivity index (χ4v) is 2.59. The third kappa shape index (κ3) is 3.00. The highest BCUT2D eigenvalue weighted by Crippen LogP contribution is 2.25. The standard InChI is InChI=1S/C14H17ClN4O/c15-12-4-2-1-3-11(12)14-17-13(20-18-14)9-19-7-5-10(16)6-8-19/h1-4,10H,5-9,16H2. The van der Waals surface area contributed by atoms with Gasteiger partial charge in [0, 0.05) is 24.7 Å². The lowest BCUT2D eigenvalue weighted by Crippen LogP contribution is -2.39. The van der Waals surface area contributed by atoms with Crippen LogP contribution in [0.5, 0.6) is 0 Å². The van der Waals surface area contributed by atoms with E-state index in [1.807, 2.05) is 24.3 Å². The van der Waals surface area contributed by atoms with E-state index in [-0.39, 0.29) is 0 Å². The summed E-state index contributed by atoms with van der Waals surface area (Å²) in [6.45, 7) is 2.63. The average molecular weight is 293 g/mol. The Hall–Kier alpha value is -1.43. The van der Waals surface area contributed by atoms with Crippen molar-refractivity contribution in [3.05, 3.63) is 35.2 Å². The molecular formula is C14H17ClN4O. The molecule has 0 saturated carbocycles. The molecule has 1 aliphatic heterocycles. The van der Waals surface area contributed by atoms with Gasteiger partial charge in [0.15, 0.2) is 0 Å². The summed E-state index contributed by atoms with van der Waals surface area (Å²) in [5, 5.41) is 4.63. The van der Waals surface area contributed by atoms with Crippen molar-refractivity contribution in [1.82, 2.24) is 15.0 Å². The van der Waals surface area contributed by atoms with Crippen LogP contribution in [0.4, 0.5) is 0 Å². The molecule has 20 heavy (non-hydrogen) atoms. The molecule has 1 fully saturated rings. The van der Waals surface area contributed by atoms with Gasteiger partial charge in [-0.2, -0.15) is 4.98 Å². The minimum Gasteiger partial charge on any atom is -0.338 e. The van der Waals surface area contributed by atoms with Crippen molar-refractivity contribution in [2.75, 3.05) is 13.1 Å². The predicted molar refractivity (Wildman–Crippen MR) is 77.2 cm³/mol. The summed E-state index contributed by atoms with van der Waals surface area (Å²) < 4.78 is 5.31. The molecule has 0 unspecified atom stereocenters. The van der Waals surface area contributed by atoms with Gasteiger partial charge in [-0.1, -0.05) is 28.9 Å². The number of hydrogen-bond acceptors (Lipinski definition) is 5. The van der Waals surface area contributed by atoms with Crippen molar-refractivity contribution in [2.45, 2.75) is 25.4 Å². The molecular weight excluding hydrogens is 276 g/mol. The first kappa shape index (κ1) is 13.5. The van der Waals surface area contributed by atoms with E-state index in [2.05, 4.69) is 15.0 Å². The fraction of sp³-hybridized carbons (Fsp3) is 0.429. The van der Waals surface area contributed by atoms with Gasteiger partial charge in [0.1, 0.15) is 0 Å². The van der Waals surface area contributed by atoms with Gasteiger partial charge < -0.3 is 10.3 Å². The van der Waals surface area contributed by atoms with Gasteiger partial charge in [-0.15, -0.1) is 0 Å². The number of aromatic nitrogens is 2. The summed E-state index contributed by atoms with van der Waals surface area (Å²) in [6, 6.07) is 7.82. The van der Waals surface area contributed by atoms with Crippen LogP contribution < -0.4 is 5.73 Å². The average Bonchev–Trinajstić information content (AvgIpc) is 2.90. The molecule has 0 radical (unpaired) electrons. The molecule has 2 aromatic rings. The minimum absolute atomic E-state index is 0.327. The molecule has 5 nitrogen and oxygen atoms in total. The highest BCUT2D eigenvalue weighted by atomic mass is 35.5. The Morgan fingerprint density at radius 2 is 2.05 bits per heavy atom. The number of nitrogens with zero attached hydrogens (tertiary/aromatic N) is 3. The second-order valence-corrected chi connectivity index (χ2v) is 5.51. The van der Waals surface area contributed by atoms with Gasteiger partial charge in [0.25, 0.3) is 0 Å². The van der Waals surface area contributed by atoms with Crippen LogP contribution in [0, 0.1) is 0 Å². The molecule has 3 rings (SSSR count). The maximum atomic E-state index is 6.13. The molecule has 0 bridgehead atoms. The Morgan fingerprint density at radius 3 is 2.80 bits per heavy atom. The van der Waals surface area contributed by atoms with Crippen molar-refractivity contribution >= 4 is 11.6 Å². The van der Waals surface area contributed by atoms with E-state index < -0.39 is 0 Å². The lowest BCUT2D eigenvalue weighted by Gasteiger charge is -2.28. The number of halogens is 1. The quantitative estimate of drug-likeness (QED) is 0.940. The fourth-order valence-electron chi connectivity index (χ4n) is 2.37. The van der Waals surface area contributed by atoms with Crippen LogP contribution in [-0.2, 0) is 6.54 Å². The normalized spacial score (nSPS) is 17.5. The summed E-state index contributed by atoms with van der Waals surface area (Å²) in [7, 11) is 0. The van der Waals surface area contributed by atoms with Crippen molar-refractivity contribution < 1.29 is 4.52 Å². The van der Waals surface area contributed by atoms with Gasteiger partial charge in [-0.25, -0.2) is 0 Å². The van der Waals surface area contributed by atoms with Crippen molar-refractivity contribution in [2.24, 2.45) is 5.73 Å². The highest BCUT2D eigenvalue weighted by Gasteiger charge is 2.19. The van der Waals surface area contributed by atoms with Crippen LogP contribution in [0.3, 0.4) is 0 Å². The van der Waals surface area contributed by atoms with Crippen LogP contribution in [-0.4, -0.2) is 34.2 Å². The van der Waals surface area contributed by atoms with Crippen LogP contribution in [0.2, 0.25) is 5.02 Å². The zero-order chi connectivity index (χ0) is 13.9. The van der Waals surface area contributed by atoms with E-state index in [9.17, 15) is 0 Å². The summed E-state index contributed by atoms with van der Waals surface area (Å²) in [4.78, 5) is 6.70. The summed E-state index contributed by atoms with van der Waals surface area (Å²) >= 11 is 6.13. The summed E-state index contributed by atoms with van der Waals surface area (Å²) in [5.41, 5.74) is 6.69. The molecule has 0 atom stereocenters. The minimum atomic E-state index is 0.327. The van der Waals surface area contributed by atoms with E-state index in [4.69, 9.17) is 21.9 Å². The molecule has 2 N–H and O–H groups in total. The topological polar surface area (TPSA) is 68.2 Å². The Kier molecular flexibility index (Phi) is 4.00. The van der Waals surface area contributed by atoms with Crippen LogP contribution in [0.25, 0.3) is 11.4 Å². The van der Waals surface area contributed by atoms with E-state index in [1.165, 1.54) is 0 Å². The molecule has 1 aliphatic rings. The highest BCUT2D eigenvalue weighted by molar-refractivity contribution is 6.33. The Labute approximate surface area is 122 Å². The predicted octanol–water partition coefficient (Wildman–Crippen LogP) is 2.31. The monoisotopic (exact) mass is 292 g/mol. The van der Waals surface area contributed by atoms with Crippen molar-refractivity contribution in [3.8, 4) is 11.4 Å². The first-order valence-corrected chi connectivity index (χ1v) is 7.15. The molecule has 106 valence electrons. The lowest BCUT2D eigenvalue weighted by atomic mass is 10.1. The number of nitrogens with two attached hydrogens (primary N) is 1. The third-order valence-corrected chi connectivity index (χ3v) is 3.90. The number of hydrogen-bond donors (Lipinski definition) is 1. The van der Waals surface area contributed by atoms with Gasteiger partial charge in [0.05, 0.1) is 11.6 Å². The summed E-state index contributed by atoms with van der Waals surface area (Å²) in [5.74, 6) is 1.16. The Morgan fingerprint density at radius 1 is 1.30 bits per heavy atom. The number of likely N-dealkylation sites (tertiary alicyclic amines) is 1. The Balaban J connectivity index is 1.70. The second-order valence-electron chi connectivity index (χ2n) is 5.11. The number of benzene rings is 1. The van der Waals surface area contributed by atoms with Crippen LogP contribution in [0.15, 0.2) is 28.8 Å². The van der Waals surface area contributed by atoms with E-state index in [1.54, 1.807) is 0 Å². The van der Waals surface area contributed by atoms with Crippen LogP contribution in [0.1, 0.15) is 18.7 Å². The molecule has 0 amide bonds. The maximum Gasteiger partial charge on any atom is 0.241 e. The molecule has 1 saturated heterocycles. The molecule has 6 heteroatoms. The second kappa shape index (κ2) is 5.91. The van der Waals surface area contributed by atoms with Gasteiger partial charge in [0.2, 0.25) is 11.7 Å². The molecule has 0 aliphatic carbocycles. The number of rotatable bonds is 3. The van der Waals surface area contributed by atoms with E-state index in [0.717, 1.165) is 31.5 Å². The van der Waals surface area contributed by atoms with Crippen molar-refractivity contribution in [3.63, 3.8) is 0 Å². The third-order valence-electron chi connectivity index (χ3n) is 3.57. The van der Waals surface area contributed by atoms with Gasteiger partial charge in [-0.05, 0) is 25.0 Å². The summed E-state index contributed by atoms with van der Waals surface area (Å²) in [6.07, 6.45) is 2.04. The first-order chi connectivity index (χ1) is 9.72. The smallest absolute Gasteiger partial charge is 0.241 e. The molecule has 1 aromatic heterocycles. The van der Waals surface area contributed by atoms with Crippen molar-refractivity contribution in [1.29, 1.82) is 0 Å². The van der Waals surface area contributed by atoms with E-state index in [0.29, 0.717) is 29.3 Å². The lowest BCUT2D eigenvalue weighted by molar-refractivity contribution is 0.182. The molecule has 1 aromatic carbocycles. The van der Waals surface area contributed by atoms with Gasteiger partial charge in [-0.3, -0.25) is 4.90 Å².